The lowest BCUT2D eigenvalue weighted by atomic mass is 9.84. The van der Waals surface area contributed by atoms with Crippen molar-refractivity contribution in [1.29, 1.82) is 0 Å². The summed E-state index contributed by atoms with van der Waals surface area (Å²) in [5.74, 6) is 0.662. The highest BCUT2D eigenvalue weighted by atomic mass is 28.3. The monoisotopic (exact) mass is 841 g/mol. The molecule has 0 aliphatic heterocycles. The Kier molecular flexibility index (Phi) is 10.4. The van der Waals surface area contributed by atoms with Crippen molar-refractivity contribution in [3.8, 4) is 5.69 Å². The van der Waals surface area contributed by atoms with Crippen LogP contribution < -0.4 is 41.5 Å². The van der Waals surface area contributed by atoms with Crippen molar-refractivity contribution in [2.75, 3.05) is 0 Å². The van der Waals surface area contributed by atoms with Crippen LogP contribution >= 0.6 is 0 Å². The van der Waals surface area contributed by atoms with Crippen LogP contribution in [0.5, 0.6) is 0 Å². The second kappa shape index (κ2) is 16.8. The molecule has 0 atom stereocenters. The summed E-state index contributed by atoms with van der Waals surface area (Å²) in [4.78, 5) is 0. The summed E-state index contributed by atoms with van der Waals surface area (Å²) in [6.45, 7) is 0. The highest BCUT2D eigenvalue weighted by Gasteiger charge is 2.43. The lowest BCUT2D eigenvalue weighted by molar-refractivity contribution is 0.443. The van der Waals surface area contributed by atoms with Gasteiger partial charge in [0.2, 0.25) is 0 Å². The molecule has 0 radical (unpaired) electrons. The molecule has 9 aromatic carbocycles. The van der Waals surface area contributed by atoms with E-state index >= 15 is 0 Å². The van der Waals surface area contributed by atoms with Crippen LogP contribution in [0.25, 0.3) is 27.5 Å². The Hall–Kier alpha value is -6.79. The Labute approximate surface area is 374 Å². The van der Waals surface area contributed by atoms with Gasteiger partial charge < -0.3 is 4.57 Å². The molecule has 1 aromatic heterocycles. The van der Waals surface area contributed by atoms with Gasteiger partial charge in [0, 0.05) is 16.5 Å². The quantitative estimate of drug-likeness (QED) is 0.0956. The molecule has 1 aliphatic rings. The van der Waals surface area contributed by atoms with Crippen LogP contribution in [0.15, 0.2) is 243 Å². The minimum Gasteiger partial charge on any atom is -0.309 e. The molecule has 0 saturated heterocycles. The zero-order valence-corrected chi connectivity index (χ0v) is 37.7. The third-order valence-corrected chi connectivity index (χ3v) is 23.6. The number of hydrogen-bond acceptors (Lipinski definition) is 0. The maximum absolute atomic E-state index is 2.81. The van der Waals surface area contributed by atoms with E-state index in [1.165, 1.54) is 107 Å². The molecule has 63 heavy (non-hydrogen) atoms. The summed E-state index contributed by atoms with van der Waals surface area (Å²) in [6.07, 6.45) is 6.64. The molecule has 0 unspecified atom stereocenters. The topological polar surface area (TPSA) is 4.93 Å². The van der Waals surface area contributed by atoms with Crippen molar-refractivity contribution in [3.05, 3.63) is 248 Å². The SMILES string of the molecule is c1ccc([Si](c2ccccc2)(c2ccccc2)c2ccc3c(c2)c2cc([Si](c4ccccc4)(c4ccccc4)c4ccccc4)ccc2n3-c2ccc(C3CCCCC3)cc2)cc1. The molecule has 304 valence electrons. The Morgan fingerprint density at radius 1 is 0.302 bits per heavy atom. The zero-order chi connectivity index (χ0) is 42.1. The minimum atomic E-state index is -2.81. The number of hydrogen-bond donors (Lipinski definition) is 0. The first-order valence-corrected chi connectivity index (χ1v) is 26.8. The van der Waals surface area contributed by atoms with Gasteiger partial charge in [-0.25, -0.2) is 0 Å². The molecule has 1 nitrogen and oxygen atoms in total. The van der Waals surface area contributed by atoms with Crippen molar-refractivity contribution < 1.29 is 0 Å². The van der Waals surface area contributed by atoms with Gasteiger partial charge in [0.15, 0.2) is 16.1 Å². The Bertz CT molecular complexity index is 2730. The molecule has 11 rings (SSSR count). The van der Waals surface area contributed by atoms with Gasteiger partial charge in [-0.1, -0.05) is 238 Å². The van der Waals surface area contributed by atoms with Crippen LogP contribution in [0, 0.1) is 0 Å². The summed E-state index contributed by atoms with van der Waals surface area (Å²) in [5, 5.41) is 13.6. The summed E-state index contributed by atoms with van der Waals surface area (Å²) in [6, 6.07) is 92.5. The van der Waals surface area contributed by atoms with E-state index in [4.69, 9.17) is 0 Å². The number of fused-ring (bicyclic) bond motifs is 3. The smallest absolute Gasteiger partial charge is 0.179 e. The van der Waals surface area contributed by atoms with Crippen LogP contribution in [0.1, 0.15) is 43.6 Å². The summed E-state index contributed by atoms with van der Waals surface area (Å²) >= 11 is 0. The predicted molar refractivity (Wildman–Crippen MR) is 274 cm³/mol. The zero-order valence-electron chi connectivity index (χ0n) is 35.7. The van der Waals surface area contributed by atoms with Gasteiger partial charge in [-0.05, 0) is 90.1 Å². The van der Waals surface area contributed by atoms with E-state index in [1.807, 2.05) is 0 Å². The molecular formula is C60H51NSi2. The third-order valence-electron chi connectivity index (χ3n) is 14.1. The van der Waals surface area contributed by atoms with Crippen LogP contribution in [0.4, 0.5) is 0 Å². The van der Waals surface area contributed by atoms with Gasteiger partial charge in [-0.3, -0.25) is 0 Å². The fourth-order valence-electron chi connectivity index (χ4n) is 11.2. The van der Waals surface area contributed by atoms with E-state index in [2.05, 4.69) is 247 Å². The van der Waals surface area contributed by atoms with Gasteiger partial charge in [0.1, 0.15) is 0 Å². The second-order valence-corrected chi connectivity index (χ2v) is 25.0. The largest absolute Gasteiger partial charge is 0.309 e. The van der Waals surface area contributed by atoms with Gasteiger partial charge in [-0.2, -0.15) is 0 Å². The van der Waals surface area contributed by atoms with E-state index in [-0.39, 0.29) is 0 Å². The average molecular weight is 842 g/mol. The predicted octanol–water partition coefficient (Wildman–Crippen LogP) is 9.59. The van der Waals surface area contributed by atoms with Crippen LogP contribution in [-0.4, -0.2) is 20.7 Å². The molecule has 0 amide bonds. The normalized spacial score (nSPS) is 13.7. The summed E-state index contributed by atoms with van der Waals surface area (Å²) < 4.78 is 2.54. The number of aromatic nitrogens is 1. The van der Waals surface area contributed by atoms with E-state index < -0.39 is 16.1 Å². The Morgan fingerprint density at radius 3 is 0.937 bits per heavy atom. The maximum Gasteiger partial charge on any atom is 0.179 e. The van der Waals surface area contributed by atoms with Crippen LogP contribution in [0.3, 0.4) is 0 Å². The maximum atomic E-state index is 2.59. The van der Waals surface area contributed by atoms with Gasteiger partial charge in [0.05, 0.1) is 11.0 Å². The average Bonchev–Trinajstić information content (AvgIpc) is 3.70. The molecule has 1 heterocycles. The van der Waals surface area contributed by atoms with Crippen molar-refractivity contribution in [3.63, 3.8) is 0 Å². The fourth-order valence-corrected chi connectivity index (χ4v) is 20.8. The van der Waals surface area contributed by atoms with E-state index in [9.17, 15) is 0 Å². The lowest BCUT2D eigenvalue weighted by Crippen LogP contribution is -2.74. The highest BCUT2D eigenvalue weighted by molar-refractivity contribution is 7.20. The number of nitrogens with zero attached hydrogens (tertiary/aromatic N) is 1. The number of benzene rings is 9. The molecule has 1 aliphatic carbocycles. The first-order chi connectivity index (χ1) is 31.3. The van der Waals surface area contributed by atoms with Crippen LogP contribution in [-0.2, 0) is 0 Å². The van der Waals surface area contributed by atoms with Crippen molar-refractivity contribution in [1.82, 2.24) is 4.57 Å². The molecule has 3 heteroatoms. The molecule has 0 N–H and O–H groups in total. The third kappa shape index (κ3) is 6.66. The fraction of sp³-hybridized carbons (Fsp3) is 0.100. The molecule has 0 spiro atoms. The lowest BCUT2D eigenvalue weighted by Gasteiger charge is -2.34. The van der Waals surface area contributed by atoms with Crippen molar-refractivity contribution in [2.24, 2.45) is 0 Å². The van der Waals surface area contributed by atoms with Gasteiger partial charge >= 0.3 is 0 Å². The molecule has 0 bridgehead atoms. The molecule has 10 aromatic rings. The van der Waals surface area contributed by atoms with E-state index in [1.54, 1.807) is 0 Å². The Morgan fingerprint density at radius 2 is 0.619 bits per heavy atom. The molecular weight excluding hydrogens is 791 g/mol. The minimum absolute atomic E-state index is 0.662. The van der Waals surface area contributed by atoms with Gasteiger partial charge in [0.25, 0.3) is 0 Å². The van der Waals surface area contributed by atoms with E-state index in [0.29, 0.717) is 5.92 Å². The first-order valence-electron chi connectivity index (χ1n) is 22.8. The van der Waals surface area contributed by atoms with Crippen molar-refractivity contribution in [2.45, 2.75) is 38.0 Å². The van der Waals surface area contributed by atoms with Crippen molar-refractivity contribution >= 4 is 79.4 Å². The molecule has 1 saturated carbocycles. The first kappa shape index (κ1) is 39.1. The standard InChI is InChI=1S/C60H51NSi2/c1-8-22-46(23-9-1)47-36-38-48(39-37-47)61-59-42-40-55(62(49-24-10-2-11-25-49,50-26-12-3-13-27-50)51-28-14-4-15-29-51)44-57(59)58-45-56(41-43-60(58)61)63(52-30-16-5-17-31-52,53-32-18-6-19-33-53)54-34-20-7-21-35-54/h2-7,10-21,24-46H,1,8-9,22-23H2. The Balaban J connectivity index is 1.23. The van der Waals surface area contributed by atoms with Gasteiger partial charge in [-0.15, -0.1) is 0 Å². The molecule has 1 fully saturated rings. The summed E-state index contributed by atoms with van der Waals surface area (Å²) in [7, 11) is -5.62. The van der Waals surface area contributed by atoms with E-state index in [0.717, 1.165) is 0 Å². The van der Waals surface area contributed by atoms with Crippen LogP contribution in [0.2, 0.25) is 0 Å². The second-order valence-electron chi connectivity index (χ2n) is 17.4. The summed E-state index contributed by atoms with van der Waals surface area (Å²) in [5.41, 5.74) is 5.17. The number of rotatable bonds is 10. The highest BCUT2D eigenvalue weighted by Crippen LogP contribution is 2.36.